The molecule has 0 saturated carbocycles. The second-order valence-electron chi connectivity index (χ2n) is 8.76. The molecule has 0 aliphatic carbocycles. The molecule has 180 valence electrons. The van der Waals surface area contributed by atoms with E-state index < -0.39 is 5.91 Å². The first-order chi connectivity index (χ1) is 17.4. The topological polar surface area (TPSA) is 67.5 Å². The number of anilines is 1. The lowest BCUT2D eigenvalue weighted by molar-refractivity contribution is 0.1000. The molecule has 1 heterocycles. The van der Waals surface area contributed by atoms with Crippen LogP contribution in [0, 0.1) is 0 Å². The summed E-state index contributed by atoms with van der Waals surface area (Å²) in [6.07, 6.45) is 1.01. The van der Waals surface area contributed by atoms with Gasteiger partial charge in [-0.25, -0.2) is 4.99 Å². The van der Waals surface area contributed by atoms with E-state index in [0.29, 0.717) is 16.3 Å². The highest BCUT2D eigenvalue weighted by atomic mass is 35.5. The highest BCUT2D eigenvalue weighted by Gasteiger charge is 2.25. The minimum Gasteiger partial charge on any atom is -0.378 e. The lowest BCUT2D eigenvalue weighted by Gasteiger charge is -2.22. The molecule has 1 amide bonds. The smallest absolute Gasteiger partial charge is 0.248 e. The summed E-state index contributed by atoms with van der Waals surface area (Å²) >= 11 is 8.04. The normalized spacial score (nSPS) is 13.1. The summed E-state index contributed by atoms with van der Waals surface area (Å²) in [6.45, 7) is 4.32. The number of hydrogen-bond acceptors (Lipinski definition) is 4. The third-order valence-corrected chi connectivity index (χ3v) is 7.66. The molecule has 4 aromatic carbocycles. The van der Waals surface area contributed by atoms with E-state index in [1.54, 1.807) is 23.9 Å². The van der Waals surface area contributed by atoms with Gasteiger partial charge in [0.05, 0.1) is 11.4 Å². The second-order valence-corrected chi connectivity index (χ2v) is 10.3. The van der Waals surface area contributed by atoms with Gasteiger partial charge in [-0.15, -0.1) is 0 Å². The average Bonchev–Trinajstić information content (AvgIpc) is 3.05. The van der Waals surface area contributed by atoms with Gasteiger partial charge in [0.2, 0.25) is 5.91 Å². The van der Waals surface area contributed by atoms with Crippen molar-refractivity contribution >= 4 is 46.4 Å². The number of halogens is 1. The number of nitrogens with zero attached hydrogens (tertiary/aromatic N) is 1. The van der Waals surface area contributed by atoms with Gasteiger partial charge < -0.3 is 11.1 Å². The Labute approximate surface area is 220 Å². The Bertz CT molecular complexity index is 1480. The average molecular weight is 512 g/mol. The third-order valence-electron chi connectivity index (χ3n) is 6.30. The van der Waals surface area contributed by atoms with E-state index in [0.717, 1.165) is 44.3 Å². The number of aliphatic imine (C=N–C) groups is 1. The van der Waals surface area contributed by atoms with Crippen LogP contribution in [0.15, 0.2) is 99.7 Å². The Morgan fingerprint density at radius 3 is 2.50 bits per heavy atom. The lowest BCUT2D eigenvalue weighted by Crippen LogP contribution is -2.14. The molecular weight excluding hydrogens is 486 g/mol. The molecule has 0 fully saturated rings. The quantitative estimate of drug-likeness (QED) is 0.244. The monoisotopic (exact) mass is 511 g/mol. The maximum Gasteiger partial charge on any atom is 0.248 e. The van der Waals surface area contributed by atoms with Crippen molar-refractivity contribution in [1.29, 1.82) is 0 Å². The van der Waals surface area contributed by atoms with Gasteiger partial charge in [0.15, 0.2) is 0 Å². The summed E-state index contributed by atoms with van der Waals surface area (Å²) in [5, 5.41) is 4.30. The van der Waals surface area contributed by atoms with Crippen LogP contribution in [0.25, 0.3) is 0 Å². The molecule has 0 spiro atoms. The fourth-order valence-electron chi connectivity index (χ4n) is 4.40. The molecule has 0 aromatic heterocycles. The zero-order valence-electron chi connectivity index (χ0n) is 20.1. The van der Waals surface area contributed by atoms with Crippen LogP contribution in [0.5, 0.6) is 0 Å². The van der Waals surface area contributed by atoms with Gasteiger partial charge in [0.1, 0.15) is 0 Å². The maximum absolute atomic E-state index is 11.9. The number of amides is 1. The fourth-order valence-corrected chi connectivity index (χ4v) is 5.63. The number of nitrogens with two attached hydrogens (primary N) is 1. The molecule has 5 rings (SSSR count). The summed E-state index contributed by atoms with van der Waals surface area (Å²) < 4.78 is 0. The number of benzene rings is 4. The second kappa shape index (κ2) is 10.2. The minimum atomic E-state index is -0.475. The van der Waals surface area contributed by atoms with Crippen LogP contribution >= 0.6 is 23.4 Å². The Kier molecular flexibility index (Phi) is 6.86. The summed E-state index contributed by atoms with van der Waals surface area (Å²) in [5.74, 6) is -0.475. The van der Waals surface area contributed by atoms with E-state index >= 15 is 0 Å². The molecule has 1 aliphatic rings. The van der Waals surface area contributed by atoms with E-state index in [1.165, 1.54) is 5.56 Å². The third kappa shape index (κ3) is 4.90. The van der Waals surface area contributed by atoms with Crippen molar-refractivity contribution in [3.8, 4) is 0 Å². The first-order valence-corrected chi connectivity index (χ1v) is 13.1. The predicted octanol–water partition coefficient (Wildman–Crippen LogP) is 7.81. The summed E-state index contributed by atoms with van der Waals surface area (Å²) in [7, 11) is 0. The maximum atomic E-state index is 11.9. The Morgan fingerprint density at radius 2 is 1.78 bits per heavy atom. The van der Waals surface area contributed by atoms with Crippen molar-refractivity contribution in [1.82, 2.24) is 0 Å². The number of carbonyl (C=O) groups excluding carboxylic acids is 1. The van der Waals surface area contributed by atoms with Crippen LogP contribution in [0.2, 0.25) is 5.02 Å². The van der Waals surface area contributed by atoms with Crippen LogP contribution in [0.3, 0.4) is 0 Å². The highest BCUT2D eigenvalue weighted by molar-refractivity contribution is 7.99. The number of primary amides is 1. The zero-order chi connectivity index (χ0) is 25.2. The molecule has 36 heavy (non-hydrogen) atoms. The SMILES string of the molecule is CCc1ccc(NC(C)c2cccc3c2C(c2cccc(Cl)c2)=Nc2cc(C(N)=O)ccc2S3)cc1. The van der Waals surface area contributed by atoms with E-state index in [9.17, 15) is 4.79 Å². The number of rotatable bonds is 6. The minimum absolute atomic E-state index is 0.0137. The van der Waals surface area contributed by atoms with Gasteiger partial charge in [0.25, 0.3) is 0 Å². The fraction of sp³-hybridized carbons (Fsp3) is 0.133. The number of hydrogen-bond donors (Lipinski definition) is 2. The van der Waals surface area contributed by atoms with E-state index in [-0.39, 0.29) is 6.04 Å². The summed E-state index contributed by atoms with van der Waals surface area (Å²) in [4.78, 5) is 19.0. The van der Waals surface area contributed by atoms with Crippen molar-refractivity contribution in [2.45, 2.75) is 36.1 Å². The largest absolute Gasteiger partial charge is 0.378 e. The van der Waals surface area contributed by atoms with Crippen LogP contribution in [-0.4, -0.2) is 11.6 Å². The van der Waals surface area contributed by atoms with E-state index in [2.05, 4.69) is 61.6 Å². The first kappa shape index (κ1) is 24.2. The molecule has 1 atom stereocenters. The van der Waals surface area contributed by atoms with Crippen LogP contribution < -0.4 is 11.1 Å². The standard InChI is InChI=1S/C30H26ClN3OS/c1-3-19-10-13-23(14-11-19)33-18(2)24-8-5-9-27-28(24)29(20-6-4-7-22(31)16-20)34-25-17-21(30(32)35)12-15-26(25)36-27/h4-18,33H,3H2,1-2H3,(H2,32,35). The van der Waals surface area contributed by atoms with Crippen molar-refractivity contribution in [3.05, 3.63) is 118 Å². The number of nitrogens with one attached hydrogen (secondary N) is 1. The van der Waals surface area contributed by atoms with Gasteiger partial charge in [0, 0.05) is 43.2 Å². The van der Waals surface area contributed by atoms with Crippen LogP contribution in [0.1, 0.15) is 52.5 Å². The molecule has 0 bridgehead atoms. The molecule has 0 radical (unpaired) electrons. The van der Waals surface area contributed by atoms with Crippen LogP contribution in [0.4, 0.5) is 11.4 Å². The van der Waals surface area contributed by atoms with Crippen molar-refractivity contribution < 1.29 is 4.79 Å². The molecule has 4 aromatic rings. The van der Waals surface area contributed by atoms with Gasteiger partial charge in [-0.2, -0.15) is 0 Å². The number of fused-ring (bicyclic) bond motifs is 2. The summed E-state index contributed by atoms with van der Waals surface area (Å²) in [6, 6.07) is 28.1. The molecule has 1 unspecified atom stereocenters. The first-order valence-electron chi connectivity index (χ1n) is 11.9. The molecule has 0 saturated heterocycles. The van der Waals surface area contributed by atoms with Gasteiger partial charge in [-0.3, -0.25) is 4.79 Å². The molecule has 6 heteroatoms. The molecule has 3 N–H and O–H groups in total. The van der Waals surface area contributed by atoms with E-state index in [4.69, 9.17) is 22.3 Å². The summed E-state index contributed by atoms with van der Waals surface area (Å²) in [5.41, 5.74) is 13.0. The highest BCUT2D eigenvalue weighted by Crippen LogP contribution is 2.44. The molecule has 4 nitrogen and oxygen atoms in total. The van der Waals surface area contributed by atoms with Crippen molar-refractivity contribution in [2.75, 3.05) is 5.32 Å². The predicted molar refractivity (Wildman–Crippen MR) is 150 cm³/mol. The lowest BCUT2D eigenvalue weighted by atomic mass is 9.93. The van der Waals surface area contributed by atoms with E-state index in [1.807, 2.05) is 30.3 Å². The molecule has 1 aliphatic heterocycles. The van der Waals surface area contributed by atoms with Crippen LogP contribution in [-0.2, 0) is 6.42 Å². The number of carbonyl (C=O) groups is 1. The van der Waals surface area contributed by atoms with Gasteiger partial charge in [-0.05, 0) is 73.0 Å². The Morgan fingerprint density at radius 1 is 1.00 bits per heavy atom. The van der Waals surface area contributed by atoms with Gasteiger partial charge >= 0.3 is 0 Å². The van der Waals surface area contributed by atoms with Gasteiger partial charge in [-0.1, -0.05) is 66.7 Å². The van der Waals surface area contributed by atoms with Crippen molar-refractivity contribution in [2.24, 2.45) is 10.7 Å². The molecular formula is C30H26ClN3OS. The Hall–Kier alpha value is -3.54. The Balaban J connectivity index is 1.66. The zero-order valence-corrected chi connectivity index (χ0v) is 21.7. The number of aryl methyl sites for hydroxylation is 1. The van der Waals surface area contributed by atoms with Crippen molar-refractivity contribution in [3.63, 3.8) is 0 Å².